The van der Waals surface area contributed by atoms with Crippen LogP contribution >= 0.6 is 47.9 Å². The van der Waals surface area contributed by atoms with E-state index in [1.54, 1.807) is 6.92 Å². The second-order valence-electron chi connectivity index (χ2n) is 12.5. The highest BCUT2D eigenvalue weighted by Crippen LogP contribution is 2.27. The Kier molecular flexibility index (Phi) is 39.3. The van der Waals surface area contributed by atoms with E-state index in [4.69, 9.17) is 19.0 Å². The number of esters is 4. The zero-order valence-electron chi connectivity index (χ0n) is 40.7. The third kappa shape index (κ3) is 30.4. The summed E-state index contributed by atoms with van der Waals surface area (Å²) in [5.74, 6) is -6.41. The number of benzene rings is 2. The summed E-state index contributed by atoms with van der Waals surface area (Å²) in [5.41, 5.74) is -0.313. The summed E-state index contributed by atoms with van der Waals surface area (Å²) in [7, 11) is 1.35. The first-order valence-corrected chi connectivity index (χ1v) is 24.7. The van der Waals surface area contributed by atoms with Gasteiger partial charge in [-0.2, -0.15) is 12.6 Å². The maximum absolute atomic E-state index is 13.5. The monoisotopic (exact) mass is 1040 g/mol. The number of hydrogen-bond donors (Lipinski definition) is 5. The average molecular weight is 1050 g/mol. The van der Waals surface area contributed by atoms with Crippen LogP contribution in [0.1, 0.15) is 96.9 Å². The summed E-state index contributed by atoms with van der Waals surface area (Å²) in [4.78, 5) is 143. The van der Waals surface area contributed by atoms with E-state index in [-0.39, 0.29) is 58.2 Å². The molecule has 24 heteroatoms. The van der Waals surface area contributed by atoms with E-state index < -0.39 is 81.0 Å². The summed E-state index contributed by atoms with van der Waals surface area (Å²) in [6.45, 7) is 17.2. The molecule has 384 valence electrons. The predicted molar refractivity (Wildman–Crippen MR) is 268 cm³/mol. The molecule has 4 unspecified atom stereocenters. The molecule has 69 heavy (non-hydrogen) atoms. The van der Waals surface area contributed by atoms with Crippen molar-refractivity contribution in [3.63, 3.8) is 0 Å². The molecule has 0 bridgehead atoms. The lowest BCUT2D eigenvalue weighted by molar-refractivity contribution is -0.146. The van der Waals surface area contributed by atoms with Crippen LogP contribution in [-0.2, 0) is 57.4 Å². The lowest BCUT2D eigenvalue weighted by Crippen LogP contribution is -2.45. The van der Waals surface area contributed by atoms with Gasteiger partial charge in [-0.1, -0.05) is 87.2 Å². The van der Waals surface area contributed by atoms with Crippen molar-refractivity contribution in [2.24, 2.45) is 0 Å². The third-order valence-corrected chi connectivity index (χ3v) is 10.7. The molecule has 0 aliphatic carbocycles. The first-order chi connectivity index (χ1) is 32.6. The van der Waals surface area contributed by atoms with Crippen molar-refractivity contribution in [2.75, 3.05) is 36.7 Å². The molecule has 0 heterocycles. The fraction of sp³-hybridized carbons (Fsp3) is 0.467. The van der Waals surface area contributed by atoms with Crippen LogP contribution in [-0.4, -0.2) is 130 Å². The number of para-hydroxylation sites is 2. The summed E-state index contributed by atoms with van der Waals surface area (Å²) < 4.78 is 20.1. The van der Waals surface area contributed by atoms with Crippen molar-refractivity contribution in [1.29, 1.82) is 0 Å². The highest BCUT2D eigenvalue weighted by atomic mass is 32.2. The Balaban J connectivity index is -0.00000327. The van der Waals surface area contributed by atoms with Gasteiger partial charge in [0.05, 0.1) is 19.3 Å². The molecule has 0 aromatic heterocycles. The lowest BCUT2D eigenvalue weighted by Gasteiger charge is -2.19. The van der Waals surface area contributed by atoms with Crippen LogP contribution < -0.4 is 30.7 Å². The molecule has 2 aromatic carbocycles. The Morgan fingerprint density at radius 2 is 0.942 bits per heavy atom. The van der Waals surface area contributed by atoms with E-state index in [0.717, 1.165) is 13.2 Å². The Morgan fingerprint density at radius 3 is 1.36 bits per heavy atom. The zero-order valence-corrected chi connectivity index (χ0v) is 44.1. The SMILES string of the molecule is CC.CC.CC=O.CCOC(=O)C(CSC(=O)C(CSC(=O)c1ccccc1OC(=O)c1ccccc1OC(=O)C(CSC(=O)C(CS)NC(C)=O)NC(C)=O)NC(C)=O)NC(C)=O.COC(C)=O. The van der Waals surface area contributed by atoms with Crippen molar-refractivity contribution in [2.45, 2.75) is 100 Å². The second kappa shape index (κ2) is 40.2. The van der Waals surface area contributed by atoms with Gasteiger partial charge in [0.2, 0.25) is 39.0 Å². The molecule has 4 N–H and O–H groups in total. The molecular formula is C45H64N4O16S4. The lowest BCUT2D eigenvalue weighted by atomic mass is 10.2. The minimum Gasteiger partial charge on any atom is -0.469 e. The molecule has 0 saturated carbocycles. The molecule has 0 radical (unpaired) electrons. The van der Waals surface area contributed by atoms with Gasteiger partial charge in [0, 0.05) is 57.6 Å². The van der Waals surface area contributed by atoms with Crippen LogP contribution in [0.4, 0.5) is 0 Å². The van der Waals surface area contributed by atoms with Crippen LogP contribution in [0.3, 0.4) is 0 Å². The maximum atomic E-state index is 13.5. The van der Waals surface area contributed by atoms with Gasteiger partial charge in [0.25, 0.3) is 0 Å². The molecule has 0 aliphatic heterocycles. The van der Waals surface area contributed by atoms with Crippen LogP contribution in [0, 0.1) is 0 Å². The maximum Gasteiger partial charge on any atom is 0.347 e. The van der Waals surface area contributed by atoms with Crippen molar-refractivity contribution in [3.05, 3.63) is 59.7 Å². The van der Waals surface area contributed by atoms with Gasteiger partial charge in [0.15, 0.2) is 0 Å². The van der Waals surface area contributed by atoms with Crippen molar-refractivity contribution >= 4 is 117 Å². The van der Waals surface area contributed by atoms with E-state index in [0.29, 0.717) is 35.3 Å². The molecule has 4 atom stereocenters. The normalized spacial score (nSPS) is 11.3. The minimum atomic E-state index is -1.35. The standard InChI is InChI=1S/C36H42N4O13S4.C3H6O2.C2H4O.2C2H6/c1-6-51-32(46)26(38-20(3)42)16-57-36(50)28(40-22(5)44)18-55-34(48)24-12-8-10-14-30(24)52-31(45)23-11-7-9-13-29(23)53-33(47)27(39-21(4)43)17-56-35(49)25(15-54)37-19(2)41;1-3(4)5-2;1-2-3;2*1-2/h7-14,25-28,54H,6,15-18H2,1-5H3,(H,37,41)(H,38,42)(H,39,43)(H,40,44);1-2H3;2H,1H3;2*1-2H3. The number of hydrogen-bond acceptors (Lipinski definition) is 20. The van der Waals surface area contributed by atoms with E-state index in [2.05, 4.69) is 38.6 Å². The highest BCUT2D eigenvalue weighted by molar-refractivity contribution is 8.15. The van der Waals surface area contributed by atoms with Gasteiger partial charge in [-0.15, -0.1) is 0 Å². The number of carbonyl (C=O) groups is 12. The van der Waals surface area contributed by atoms with E-state index >= 15 is 0 Å². The summed E-state index contributed by atoms with van der Waals surface area (Å²) in [6, 6.07) is 6.57. The number of aldehydes is 1. The molecule has 0 aliphatic rings. The minimum absolute atomic E-state index is 0.0116. The topological polar surface area (TPSA) is 290 Å². The third-order valence-electron chi connectivity index (χ3n) is 7.20. The smallest absolute Gasteiger partial charge is 0.347 e. The molecule has 2 aromatic rings. The first-order valence-electron chi connectivity index (χ1n) is 21.1. The van der Waals surface area contributed by atoms with Crippen LogP contribution in [0.25, 0.3) is 0 Å². The van der Waals surface area contributed by atoms with Crippen molar-refractivity contribution in [3.8, 4) is 11.5 Å². The number of carbonyl (C=O) groups excluding carboxylic acids is 12. The quantitative estimate of drug-likeness (QED) is 0.0539. The Bertz CT molecular complexity index is 2020. The fourth-order valence-corrected chi connectivity index (χ4v) is 7.61. The Labute approximate surface area is 421 Å². The molecule has 0 fully saturated rings. The molecule has 2 rings (SSSR count). The van der Waals surface area contributed by atoms with Crippen LogP contribution in [0.2, 0.25) is 0 Å². The number of thioether (sulfide) groups is 3. The summed E-state index contributed by atoms with van der Waals surface area (Å²) in [6.07, 6.45) is 0.750. The van der Waals surface area contributed by atoms with Gasteiger partial charge in [0.1, 0.15) is 47.5 Å². The molecule has 0 spiro atoms. The number of thiol groups is 1. The average Bonchev–Trinajstić information content (AvgIpc) is 3.31. The summed E-state index contributed by atoms with van der Waals surface area (Å²) in [5, 5.41) is 7.96. The number of methoxy groups -OCH3 is 1. The van der Waals surface area contributed by atoms with E-state index in [1.165, 1.54) is 90.3 Å². The molecule has 4 amide bonds. The fourth-order valence-electron chi connectivity index (χ4n) is 4.46. The molecule has 0 saturated heterocycles. The van der Waals surface area contributed by atoms with Crippen molar-refractivity contribution in [1.82, 2.24) is 21.3 Å². The Hall–Kier alpha value is -5.72. The van der Waals surface area contributed by atoms with Gasteiger partial charge >= 0.3 is 23.9 Å². The number of rotatable bonds is 20. The first kappa shape index (κ1) is 67.5. The van der Waals surface area contributed by atoms with E-state index in [9.17, 15) is 52.7 Å². The van der Waals surface area contributed by atoms with Gasteiger partial charge < -0.3 is 45.0 Å². The van der Waals surface area contributed by atoms with E-state index in [1.807, 2.05) is 27.7 Å². The molecular weight excluding hydrogens is 981 g/mol. The second-order valence-corrected chi connectivity index (χ2v) is 15.9. The van der Waals surface area contributed by atoms with Crippen LogP contribution in [0.5, 0.6) is 11.5 Å². The van der Waals surface area contributed by atoms with Gasteiger partial charge in [-0.25, -0.2) is 14.4 Å². The van der Waals surface area contributed by atoms with Crippen molar-refractivity contribution < 1.29 is 76.5 Å². The molecule has 20 nitrogen and oxygen atoms in total. The predicted octanol–water partition coefficient (Wildman–Crippen LogP) is 4.15. The summed E-state index contributed by atoms with van der Waals surface area (Å²) >= 11 is 6.02. The zero-order chi connectivity index (χ0) is 53.6. The van der Waals surface area contributed by atoms with Gasteiger partial charge in [-0.05, 0) is 38.1 Å². The van der Waals surface area contributed by atoms with Gasteiger partial charge in [-0.3, -0.25) is 38.4 Å². The largest absolute Gasteiger partial charge is 0.469 e. The Morgan fingerprint density at radius 1 is 0.580 bits per heavy atom. The number of nitrogens with one attached hydrogen (secondary N) is 4. The highest BCUT2D eigenvalue weighted by Gasteiger charge is 2.30. The number of ether oxygens (including phenoxy) is 4. The number of amides is 4. The van der Waals surface area contributed by atoms with Crippen LogP contribution in [0.15, 0.2) is 48.5 Å².